The zero-order valence-corrected chi connectivity index (χ0v) is 8.23. The Morgan fingerprint density at radius 3 is 2.80 bits per heavy atom. The molecule has 0 fully saturated rings. The minimum Gasteiger partial charge on any atom is -0.465 e. The van der Waals surface area contributed by atoms with Crippen molar-refractivity contribution < 1.29 is 9.53 Å². The summed E-state index contributed by atoms with van der Waals surface area (Å²) in [5.74, 6) is -0.257. The molecule has 0 N–H and O–H groups in total. The van der Waals surface area contributed by atoms with Crippen LogP contribution in [0.3, 0.4) is 0 Å². The first-order chi connectivity index (χ1) is 4.74. The molecule has 0 spiro atoms. The highest BCUT2D eigenvalue weighted by atomic mass is 127. The molecule has 2 nitrogen and oxygen atoms in total. The minimum absolute atomic E-state index is 0.257. The van der Waals surface area contributed by atoms with Crippen LogP contribution in [0.4, 0.5) is 0 Å². The van der Waals surface area contributed by atoms with Gasteiger partial charge in [-0.2, -0.15) is 0 Å². The fourth-order valence-corrected chi connectivity index (χ4v) is 2.06. The molecule has 0 aromatic carbocycles. The number of thiophene rings is 1. The van der Waals surface area contributed by atoms with Crippen molar-refractivity contribution >= 4 is 39.9 Å². The smallest absolute Gasteiger partial charge is 0.348 e. The van der Waals surface area contributed by atoms with Crippen molar-refractivity contribution in [1.82, 2.24) is 0 Å². The predicted octanol–water partition coefficient (Wildman–Crippen LogP) is 2.14. The van der Waals surface area contributed by atoms with Crippen molar-refractivity contribution in [3.63, 3.8) is 0 Å². The normalized spacial score (nSPS) is 9.40. The van der Waals surface area contributed by atoms with Gasteiger partial charge in [0.05, 0.1) is 9.99 Å². The largest absolute Gasteiger partial charge is 0.465 e. The molecule has 0 unspecified atom stereocenters. The highest BCUT2D eigenvalue weighted by molar-refractivity contribution is 14.1. The molecule has 54 valence electrons. The summed E-state index contributed by atoms with van der Waals surface area (Å²) in [4.78, 5) is 11.5. The molecule has 0 amide bonds. The van der Waals surface area contributed by atoms with Crippen molar-refractivity contribution in [2.75, 3.05) is 7.11 Å². The molecule has 0 aliphatic heterocycles. The summed E-state index contributed by atoms with van der Waals surface area (Å²) in [6.45, 7) is 0. The van der Waals surface area contributed by atoms with Crippen LogP contribution < -0.4 is 0 Å². The van der Waals surface area contributed by atoms with Gasteiger partial charge in [-0.05, 0) is 34.7 Å². The first kappa shape index (κ1) is 8.00. The second kappa shape index (κ2) is 3.34. The summed E-state index contributed by atoms with van der Waals surface area (Å²) >= 11 is 3.59. The van der Waals surface area contributed by atoms with Crippen LogP contribution in [-0.4, -0.2) is 13.1 Å². The van der Waals surface area contributed by atoms with Gasteiger partial charge in [-0.15, -0.1) is 11.3 Å². The lowest BCUT2D eigenvalue weighted by Gasteiger charge is -1.90. The standard InChI is InChI=1S/C6H5IO2S/c1-9-6(8)4-2-3-5(7)10-4/h2-3H,1H3. The van der Waals surface area contributed by atoms with Crippen LogP contribution in [-0.2, 0) is 4.74 Å². The van der Waals surface area contributed by atoms with E-state index in [-0.39, 0.29) is 5.97 Å². The third kappa shape index (κ3) is 1.69. The van der Waals surface area contributed by atoms with E-state index in [0.29, 0.717) is 4.88 Å². The zero-order valence-electron chi connectivity index (χ0n) is 5.26. The van der Waals surface area contributed by atoms with Gasteiger partial charge in [0, 0.05) is 0 Å². The number of carbonyl (C=O) groups excluding carboxylic acids is 1. The molecule has 1 aromatic rings. The van der Waals surface area contributed by atoms with Crippen LogP contribution in [0.1, 0.15) is 9.67 Å². The molecule has 0 atom stereocenters. The Kier molecular flexibility index (Phi) is 2.67. The molecule has 10 heavy (non-hydrogen) atoms. The van der Waals surface area contributed by atoms with Gasteiger partial charge in [0.15, 0.2) is 0 Å². The zero-order chi connectivity index (χ0) is 7.56. The molecule has 0 aliphatic carbocycles. The quantitative estimate of drug-likeness (QED) is 0.576. The van der Waals surface area contributed by atoms with Crippen molar-refractivity contribution in [3.05, 3.63) is 19.9 Å². The Bertz CT molecular complexity index is 244. The summed E-state index contributed by atoms with van der Waals surface area (Å²) in [6.07, 6.45) is 0. The minimum atomic E-state index is -0.257. The third-order valence-electron chi connectivity index (χ3n) is 0.960. The van der Waals surface area contributed by atoms with Gasteiger partial charge in [0.2, 0.25) is 0 Å². The number of ether oxygens (including phenoxy) is 1. The van der Waals surface area contributed by atoms with Crippen LogP contribution in [0, 0.1) is 2.88 Å². The number of rotatable bonds is 1. The summed E-state index contributed by atoms with van der Waals surface area (Å²) in [6, 6.07) is 3.65. The number of hydrogen-bond donors (Lipinski definition) is 0. The van der Waals surface area contributed by atoms with Gasteiger partial charge in [0.25, 0.3) is 0 Å². The van der Waals surface area contributed by atoms with E-state index in [9.17, 15) is 4.79 Å². The van der Waals surface area contributed by atoms with Crippen molar-refractivity contribution in [2.24, 2.45) is 0 Å². The Hall–Kier alpha value is -0.100. The molecule has 0 aliphatic rings. The van der Waals surface area contributed by atoms with E-state index in [4.69, 9.17) is 0 Å². The first-order valence-corrected chi connectivity index (χ1v) is 4.47. The molecule has 0 radical (unpaired) electrons. The lowest BCUT2D eigenvalue weighted by atomic mass is 10.5. The maximum atomic E-state index is 10.8. The maximum absolute atomic E-state index is 10.8. The molecule has 0 saturated heterocycles. The van der Waals surface area contributed by atoms with Crippen molar-refractivity contribution in [1.29, 1.82) is 0 Å². The molecular weight excluding hydrogens is 263 g/mol. The molecule has 0 saturated carbocycles. The van der Waals surface area contributed by atoms with Crippen LogP contribution >= 0.6 is 33.9 Å². The topological polar surface area (TPSA) is 26.3 Å². The van der Waals surface area contributed by atoms with Gasteiger partial charge < -0.3 is 4.74 Å². The molecular formula is C6H5IO2S. The van der Waals surface area contributed by atoms with Gasteiger partial charge in [-0.3, -0.25) is 0 Å². The van der Waals surface area contributed by atoms with Gasteiger partial charge in [-0.25, -0.2) is 4.79 Å². The van der Waals surface area contributed by atoms with Crippen LogP contribution in [0.2, 0.25) is 0 Å². The molecule has 4 heteroatoms. The fourth-order valence-electron chi connectivity index (χ4n) is 0.525. The van der Waals surface area contributed by atoms with Gasteiger partial charge in [0.1, 0.15) is 4.88 Å². The molecule has 0 bridgehead atoms. The summed E-state index contributed by atoms with van der Waals surface area (Å²) < 4.78 is 5.61. The average molecular weight is 268 g/mol. The highest BCUT2D eigenvalue weighted by Gasteiger charge is 2.06. The third-order valence-corrected chi connectivity index (χ3v) is 2.83. The second-order valence-electron chi connectivity index (χ2n) is 1.60. The number of carbonyl (C=O) groups is 1. The molecule has 1 rings (SSSR count). The summed E-state index contributed by atoms with van der Waals surface area (Å²) in [7, 11) is 1.38. The van der Waals surface area contributed by atoms with E-state index in [0.717, 1.165) is 2.88 Å². The van der Waals surface area contributed by atoms with Gasteiger partial charge in [-0.1, -0.05) is 0 Å². The monoisotopic (exact) mass is 268 g/mol. The van der Waals surface area contributed by atoms with E-state index >= 15 is 0 Å². The van der Waals surface area contributed by atoms with E-state index in [1.54, 1.807) is 6.07 Å². The van der Waals surface area contributed by atoms with Crippen molar-refractivity contribution in [2.45, 2.75) is 0 Å². The van der Waals surface area contributed by atoms with E-state index in [2.05, 4.69) is 27.3 Å². The van der Waals surface area contributed by atoms with E-state index in [1.807, 2.05) is 6.07 Å². The van der Waals surface area contributed by atoms with Crippen LogP contribution in [0.25, 0.3) is 0 Å². The summed E-state index contributed by atoms with van der Waals surface area (Å²) in [5, 5.41) is 0. The maximum Gasteiger partial charge on any atom is 0.348 e. The van der Waals surface area contributed by atoms with Crippen LogP contribution in [0.5, 0.6) is 0 Å². The predicted molar refractivity (Wildman–Crippen MR) is 48.4 cm³/mol. The van der Waals surface area contributed by atoms with Gasteiger partial charge >= 0.3 is 5.97 Å². The number of methoxy groups -OCH3 is 1. The second-order valence-corrected chi connectivity index (χ2v) is 4.57. The highest BCUT2D eigenvalue weighted by Crippen LogP contribution is 2.18. The fraction of sp³-hybridized carbons (Fsp3) is 0.167. The Morgan fingerprint density at radius 2 is 2.40 bits per heavy atom. The lowest BCUT2D eigenvalue weighted by Crippen LogP contribution is -1.96. The van der Waals surface area contributed by atoms with E-state index < -0.39 is 0 Å². The SMILES string of the molecule is COC(=O)c1ccc(I)s1. The van der Waals surface area contributed by atoms with Crippen molar-refractivity contribution in [3.8, 4) is 0 Å². The Labute approximate surface area is 76.3 Å². The van der Waals surface area contributed by atoms with Crippen LogP contribution in [0.15, 0.2) is 12.1 Å². The summed E-state index contributed by atoms with van der Waals surface area (Å²) in [5.41, 5.74) is 0. The molecule has 1 aromatic heterocycles. The number of hydrogen-bond acceptors (Lipinski definition) is 3. The molecule has 1 heterocycles. The lowest BCUT2D eigenvalue weighted by molar-refractivity contribution is 0.0606. The number of esters is 1. The number of halogens is 1. The first-order valence-electron chi connectivity index (χ1n) is 2.57. The Morgan fingerprint density at radius 1 is 1.70 bits per heavy atom. The van der Waals surface area contributed by atoms with E-state index in [1.165, 1.54) is 18.4 Å². The Balaban J connectivity index is 2.85. The average Bonchev–Trinajstić information content (AvgIpc) is 2.34.